The highest BCUT2D eigenvalue weighted by molar-refractivity contribution is 9.09. The zero-order valence-electron chi connectivity index (χ0n) is 8.49. The predicted octanol–water partition coefficient (Wildman–Crippen LogP) is 3.61. The van der Waals surface area contributed by atoms with Gasteiger partial charge < -0.3 is 0 Å². The standard InChI is InChI=1S/C9H15BrN2S2/c1-3-7(5-10)6-13-9-11-8(4-2)12-14-9/h7H,3-6H2,1-2H3. The third-order valence-corrected chi connectivity index (χ3v) is 5.02. The van der Waals surface area contributed by atoms with E-state index in [9.17, 15) is 0 Å². The topological polar surface area (TPSA) is 25.8 Å². The summed E-state index contributed by atoms with van der Waals surface area (Å²) in [6.45, 7) is 4.31. The number of nitrogens with zero attached hydrogens (tertiary/aromatic N) is 2. The van der Waals surface area contributed by atoms with Crippen LogP contribution in [0.5, 0.6) is 0 Å². The molecule has 14 heavy (non-hydrogen) atoms. The summed E-state index contributed by atoms with van der Waals surface area (Å²) in [5.74, 6) is 2.86. The number of thioether (sulfide) groups is 1. The van der Waals surface area contributed by atoms with Crippen molar-refractivity contribution >= 4 is 39.2 Å². The van der Waals surface area contributed by atoms with Crippen molar-refractivity contribution in [2.24, 2.45) is 5.92 Å². The molecular weight excluding hydrogens is 280 g/mol. The third-order valence-electron chi connectivity index (χ3n) is 2.00. The molecule has 2 nitrogen and oxygen atoms in total. The van der Waals surface area contributed by atoms with Gasteiger partial charge in [0.25, 0.3) is 0 Å². The summed E-state index contributed by atoms with van der Waals surface area (Å²) in [4.78, 5) is 4.42. The number of alkyl halides is 1. The van der Waals surface area contributed by atoms with E-state index < -0.39 is 0 Å². The first kappa shape index (κ1) is 12.5. The van der Waals surface area contributed by atoms with Crippen LogP contribution in [0.1, 0.15) is 26.1 Å². The fourth-order valence-corrected chi connectivity index (χ4v) is 3.82. The summed E-state index contributed by atoms with van der Waals surface area (Å²) in [5.41, 5.74) is 0. The molecule has 0 spiro atoms. The van der Waals surface area contributed by atoms with Crippen LogP contribution in [0.15, 0.2) is 4.34 Å². The fraction of sp³-hybridized carbons (Fsp3) is 0.778. The van der Waals surface area contributed by atoms with Gasteiger partial charge in [-0.15, -0.1) is 0 Å². The average molecular weight is 295 g/mol. The molecule has 1 aromatic rings. The predicted molar refractivity (Wildman–Crippen MR) is 67.6 cm³/mol. The molecule has 1 aromatic heterocycles. The highest BCUT2D eigenvalue weighted by Crippen LogP contribution is 2.24. The van der Waals surface area contributed by atoms with Crippen LogP contribution >= 0.6 is 39.2 Å². The smallest absolute Gasteiger partial charge is 0.170 e. The van der Waals surface area contributed by atoms with Gasteiger partial charge in [0.1, 0.15) is 5.82 Å². The van der Waals surface area contributed by atoms with Gasteiger partial charge in [-0.3, -0.25) is 0 Å². The van der Waals surface area contributed by atoms with E-state index >= 15 is 0 Å². The average Bonchev–Trinajstić information content (AvgIpc) is 2.67. The Morgan fingerprint density at radius 2 is 2.29 bits per heavy atom. The van der Waals surface area contributed by atoms with Crippen molar-refractivity contribution in [1.29, 1.82) is 0 Å². The Balaban J connectivity index is 2.37. The molecule has 1 atom stereocenters. The summed E-state index contributed by atoms with van der Waals surface area (Å²) < 4.78 is 5.37. The minimum Gasteiger partial charge on any atom is -0.213 e. The molecule has 0 saturated heterocycles. The van der Waals surface area contributed by atoms with Crippen LogP contribution in [0.25, 0.3) is 0 Å². The van der Waals surface area contributed by atoms with Crippen molar-refractivity contribution in [2.75, 3.05) is 11.1 Å². The molecule has 5 heteroatoms. The van der Waals surface area contributed by atoms with Crippen LogP contribution in [-0.2, 0) is 6.42 Å². The fourth-order valence-electron chi connectivity index (χ4n) is 0.901. The Morgan fingerprint density at radius 3 is 2.79 bits per heavy atom. The summed E-state index contributed by atoms with van der Waals surface area (Å²) in [6, 6.07) is 0. The van der Waals surface area contributed by atoms with Gasteiger partial charge in [0, 0.05) is 17.5 Å². The molecule has 1 heterocycles. The second-order valence-electron chi connectivity index (χ2n) is 3.07. The van der Waals surface area contributed by atoms with Gasteiger partial charge in [-0.2, -0.15) is 4.37 Å². The highest BCUT2D eigenvalue weighted by atomic mass is 79.9. The minimum absolute atomic E-state index is 0.744. The number of rotatable bonds is 6. The maximum absolute atomic E-state index is 4.42. The Hall–Kier alpha value is 0.390. The Kier molecular flexibility index (Phi) is 6.05. The van der Waals surface area contributed by atoms with Gasteiger partial charge >= 0.3 is 0 Å². The van der Waals surface area contributed by atoms with Gasteiger partial charge in [-0.1, -0.05) is 48.0 Å². The molecule has 0 aliphatic rings. The maximum atomic E-state index is 4.42. The van der Waals surface area contributed by atoms with Gasteiger partial charge in [-0.25, -0.2) is 4.98 Å². The molecule has 0 aromatic carbocycles. The van der Waals surface area contributed by atoms with Gasteiger partial charge in [0.2, 0.25) is 0 Å². The first-order valence-corrected chi connectivity index (χ1v) is 7.69. The Morgan fingerprint density at radius 1 is 1.50 bits per heavy atom. The number of aryl methyl sites for hydroxylation is 1. The first-order valence-electron chi connectivity index (χ1n) is 4.81. The van der Waals surface area contributed by atoms with E-state index in [2.05, 4.69) is 39.1 Å². The van der Waals surface area contributed by atoms with E-state index in [1.54, 1.807) is 0 Å². The summed E-state index contributed by atoms with van der Waals surface area (Å²) in [6.07, 6.45) is 2.16. The molecule has 0 amide bonds. The van der Waals surface area contributed by atoms with Crippen molar-refractivity contribution in [3.8, 4) is 0 Å². The molecule has 80 valence electrons. The van der Waals surface area contributed by atoms with Crippen molar-refractivity contribution in [1.82, 2.24) is 9.36 Å². The largest absolute Gasteiger partial charge is 0.213 e. The van der Waals surface area contributed by atoms with Crippen molar-refractivity contribution < 1.29 is 0 Å². The zero-order valence-corrected chi connectivity index (χ0v) is 11.7. The number of aromatic nitrogens is 2. The monoisotopic (exact) mass is 294 g/mol. The van der Waals surface area contributed by atoms with Crippen LogP contribution in [0, 0.1) is 5.92 Å². The lowest BCUT2D eigenvalue weighted by Crippen LogP contribution is -2.02. The molecule has 0 radical (unpaired) electrons. The van der Waals surface area contributed by atoms with Crippen molar-refractivity contribution in [3.63, 3.8) is 0 Å². The van der Waals surface area contributed by atoms with E-state index in [0.717, 1.165) is 33.6 Å². The molecule has 0 aliphatic carbocycles. The first-order chi connectivity index (χ1) is 6.80. The van der Waals surface area contributed by atoms with Crippen molar-refractivity contribution in [3.05, 3.63) is 5.82 Å². The van der Waals surface area contributed by atoms with Crippen LogP contribution in [0.4, 0.5) is 0 Å². The van der Waals surface area contributed by atoms with Crippen LogP contribution in [0.3, 0.4) is 0 Å². The summed E-state index contributed by atoms with van der Waals surface area (Å²) in [5, 5.41) is 1.08. The lowest BCUT2D eigenvalue weighted by molar-refractivity contribution is 0.652. The second kappa shape index (κ2) is 6.80. The number of hydrogen-bond acceptors (Lipinski definition) is 4. The summed E-state index contributed by atoms with van der Waals surface area (Å²) in [7, 11) is 0. The number of halogens is 1. The molecular formula is C9H15BrN2S2. The summed E-state index contributed by atoms with van der Waals surface area (Å²) >= 11 is 6.87. The van der Waals surface area contributed by atoms with Crippen LogP contribution in [-0.4, -0.2) is 20.4 Å². The number of hydrogen-bond donors (Lipinski definition) is 0. The Labute approximate surface area is 102 Å². The molecule has 1 rings (SSSR count). The Bertz CT molecular complexity index is 261. The third kappa shape index (κ3) is 3.87. The van der Waals surface area contributed by atoms with E-state index in [4.69, 9.17) is 0 Å². The zero-order chi connectivity index (χ0) is 10.4. The molecule has 0 saturated carbocycles. The quantitative estimate of drug-likeness (QED) is 0.592. The SMILES string of the molecule is CCc1nsc(SCC(CC)CBr)n1. The maximum Gasteiger partial charge on any atom is 0.170 e. The minimum atomic E-state index is 0.744. The lowest BCUT2D eigenvalue weighted by Gasteiger charge is -2.07. The second-order valence-corrected chi connectivity index (χ2v) is 5.74. The van der Waals surface area contributed by atoms with Crippen LogP contribution < -0.4 is 0 Å². The molecule has 0 N–H and O–H groups in total. The normalized spacial score (nSPS) is 13.1. The van der Waals surface area contributed by atoms with Crippen LogP contribution in [0.2, 0.25) is 0 Å². The van der Waals surface area contributed by atoms with E-state index in [1.165, 1.54) is 18.0 Å². The van der Waals surface area contributed by atoms with Gasteiger partial charge in [0.15, 0.2) is 4.34 Å². The van der Waals surface area contributed by atoms with Gasteiger partial charge in [-0.05, 0) is 17.5 Å². The van der Waals surface area contributed by atoms with E-state index in [1.807, 2.05) is 11.8 Å². The molecule has 0 aliphatic heterocycles. The van der Waals surface area contributed by atoms with Gasteiger partial charge in [0.05, 0.1) is 0 Å². The molecule has 0 fully saturated rings. The highest BCUT2D eigenvalue weighted by Gasteiger charge is 2.08. The lowest BCUT2D eigenvalue weighted by atomic mass is 10.2. The molecule has 1 unspecified atom stereocenters. The van der Waals surface area contributed by atoms with E-state index in [0.29, 0.717) is 0 Å². The van der Waals surface area contributed by atoms with Crippen molar-refractivity contribution in [2.45, 2.75) is 31.0 Å². The van der Waals surface area contributed by atoms with E-state index in [-0.39, 0.29) is 0 Å². The molecule has 0 bridgehead atoms.